The number of rotatable bonds is 4. The molecule has 0 aromatic carbocycles. The number of nitrogen functional groups attached to an aromatic ring is 1. The number of anilines is 1. The molecule has 5 N–H and O–H groups in total. The van der Waals surface area contributed by atoms with Crippen molar-refractivity contribution in [3.63, 3.8) is 0 Å². The van der Waals surface area contributed by atoms with E-state index in [1.54, 1.807) is 12.4 Å². The first-order valence-corrected chi connectivity index (χ1v) is 6.66. The molecule has 0 spiro atoms. The molecule has 6 heteroatoms. The molecular formula is C13H24N6. The van der Waals surface area contributed by atoms with Gasteiger partial charge < -0.3 is 15.5 Å². The second-order valence-electron chi connectivity index (χ2n) is 5.36. The predicted molar refractivity (Wildman–Crippen MR) is 77.2 cm³/mol. The van der Waals surface area contributed by atoms with Gasteiger partial charge in [0.1, 0.15) is 0 Å². The molecule has 106 valence electrons. The number of pyridine rings is 1. The van der Waals surface area contributed by atoms with E-state index in [4.69, 9.17) is 11.6 Å². The molecule has 0 aliphatic carbocycles. The summed E-state index contributed by atoms with van der Waals surface area (Å²) in [6, 6.07) is 2.32. The van der Waals surface area contributed by atoms with Crippen molar-refractivity contribution >= 4 is 5.69 Å². The maximum atomic E-state index is 6.00. The first-order chi connectivity index (χ1) is 9.11. The van der Waals surface area contributed by atoms with Crippen molar-refractivity contribution < 1.29 is 0 Å². The summed E-state index contributed by atoms with van der Waals surface area (Å²) in [6.07, 6.45) is 4.42. The lowest BCUT2D eigenvalue weighted by atomic mass is 9.98. The minimum absolute atomic E-state index is 0.0349. The van der Waals surface area contributed by atoms with Crippen LogP contribution >= 0.6 is 0 Å². The van der Waals surface area contributed by atoms with Crippen molar-refractivity contribution in [3.05, 3.63) is 24.0 Å². The Kier molecular flexibility index (Phi) is 4.71. The number of nitrogens with one attached hydrogen (secondary N) is 1. The number of nitrogens with zero attached hydrogens (tertiary/aromatic N) is 3. The fourth-order valence-corrected chi connectivity index (χ4v) is 2.62. The molecule has 0 bridgehead atoms. The molecule has 0 saturated carbocycles. The zero-order valence-electron chi connectivity index (χ0n) is 11.7. The normalized spacial score (nSPS) is 23.4. The number of hydrazine groups is 1. The Bertz CT molecular complexity index is 410. The van der Waals surface area contributed by atoms with Crippen LogP contribution in [0.25, 0.3) is 0 Å². The topological polar surface area (TPSA) is 83.4 Å². The Balaban J connectivity index is 2.08. The Morgan fingerprint density at radius 3 is 2.95 bits per heavy atom. The molecule has 2 unspecified atom stereocenters. The molecule has 1 aromatic heterocycles. The van der Waals surface area contributed by atoms with E-state index in [2.05, 4.69) is 34.3 Å². The molecule has 6 nitrogen and oxygen atoms in total. The van der Waals surface area contributed by atoms with Crippen molar-refractivity contribution in [2.24, 2.45) is 5.84 Å². The van der Waals surface area contributed by atoms with E-state index in [1.807, 2.05) is 6.07 Å². The molecule has 19 heavy (non-hydrogen) atoms. The Hall–Kier alpha value is -1.21. The number of nitrogens with two attached hydrogens (primary N) is 2. The van der Waals surface area contributed by atoms with E-state index in [-0.39, 0.29) is 6.04 Å². The molecule has 0 radical (unpaired) electrons. The van der Waals surface area contributed by atoms with Crippen LogP contribution in [0.1, 0.15) is 18.0 Å². The minimum Gasteiger partial charge on any atom is -0.398 e. The van der Waals surface area contributed by atoms with Gasteiger partial charge in [-0.15, -0.1) is 0 Å². The van der Waals surface area contributed by atoms with Gasteiger partial charge in [0.15, 0.2) is 0 Å². The number of piperazine rings is 1. The Morgan fingerprint density at radius 2 is 2.26 bits per heavy atom. The van der Waals surface area contributed by atoms with E-state index in [9.17, 15) is 0 Å². The molecular weight excluding hydrogens is 240 g/mol. The summed E-state index contributed by atoms with van der Waals surface area (Å²) in [7, 11) is 4.32. The molecule has 1 saturated heterocycles. The third-order valence-electron chi connectivity index (χ3n) is 3.95. The highest BCUT2D eigenvalue weighted by molar-refractivity contribution is 5.46. The van der Waals surface area contributed by atoms with Crippen LogP contribution in [0.5, 0.6) is 0 Å². The van der Waals surface area contributed by atoms with Gasteiger partial charge in [0.2, 0.25) is 0 Å². The monoisotopic (exact) mass is 264 g/mol. The number of hydrogen-bond donors (Lipinski definition) is 3. The number of likely N-dealkylation sites (N-methyl/N-ethyl adjacent to an activating group) is 2. The Labute approximate surface area is 114 Å². The summed E-state index contributed by atoms with van der Waals surface area (Å²) < 4.78 is 0. The lowest BCUT2D eigenvalue weighted by Gasteiger charge is -2.39. The fraction of sp³-hybridized carbons (Fsp3) is 0.615. The molecule has 1 aromatic rings. The SMILES string of the molecule is CN1CCN(C)C(CC(NN)c2cnccc2N)C1. The van der Waals surface area contributed by atoms with E-state index in [0.29, 0.717) is 6.04 Å². The summed E-state index contributed by atoms with van der Waals surface area (Å²) >= 11 is 0. The Morgan fingerprint density at radius 1 is 1.47 bits per heavy atom. The van der Waals surface area contributed by atoms with E-state index < -0.39 is 0 Å². The van der Waals surface area contributed by atoms with Crippen LogP contribution < -0.4 is 17.0 Å². The van der Waals surface area contributed by atoms with E-state index in [0.717, 1.165) is 37.3 Å². The molecule has 2 atom stereocenters. The van der Waals surface area contributed by atoms with Crippen LogP contribution in [0.3, 0.4) is 0 Å². The van der Waals surface area contributed by atoms with Gasteiger partial charge in [-0.2, -0.15) is 0 Å². The molecule has 1 aliphatic heterocycles. The van der Waals surface area contributed by atoms with Crippen molar-refractivity contribution in [3.8, 4) is 0 Å². The third-order valence-corrected chi connectivity index (χ3v) is 3.95. The molecule has 1 aliphatic rings. The largest absolute Gasteiger partial charge is 0.398 e. The zero-order valence-corrected chi connectivity index (χ0v) is 11.7. The maximum absolute atomic E-state index is 6.00. The first kappa shape index (κ1) is 14.2. The average molecular weight is 264 g/mol. The van der Waals surface area contributed by atoms with Gasteiger partial charge in [-0.25, -0.2) is 0 Å². The second-order valence-corrected chi connectivity index (χ2v) is 5.36. The zero-order chi connectivity index (χ0) is 13.8. The lowest BCUT2D eigenvalue weighted by Crippen LogP contribution is -2.51. The lowest BCUT2D eigenvalue weighted by molar-refractivity contribution is 0.101. The third kappa shape index (κ3) is 3.42. The first-order valence-electron chi connectivity index (χ1n) is 6.66. The van der Waals surface area contributed by atoms with Crippen LogP contribution in [0, 0.1) is 0 Å². The van der Waals surface area contributed by atoms with Gasteiger partial charge in [-0.1, -0.05) is 0 Å². The van der Waals surface area contributed by atoms with Gasteiger partial charge in [0.25, 0.3) is 0 Å². The van der Waals surface area contributed by atoms with Crippen LogP contribution in [0.2, 0.25) is 0 Å². The number of hydrogen-bond acceptors (Lipinski definition) is 6. The summed E-state index contributed by atoms with van der Waals surface area (Å²) in [6.45, 7) is 3.25. The summed E-state index contributed by atoms with van der Waals surface area (Å²) in [5, 5.41) is 0. The standard InChI is InChI=1S/C13H24N6/c1-18-5-6-19(2)10(9-18)7-13(17-15)11-8-16-4-3-12(11)14/h3-4,8,10,13,17H,5-7,9,15H2,1-2H3,(H2,14,16). The predicted octanol–water partition coefficient (Wildman–Crippen LogP) is -0.196. The summed E-state index contributed by atoms with van der Waals surface area (Å²) in [5.41, 5.74) is 10.6. The molecule has 1 fully saturated rings. The fourth-order valence-electron chi connectivity index (χ4n) is 2.62. The van der Waals surface area contributed by atoms with Crippen molar-refractivity contribution in [1.29, 1.82) is 0 Å². The van der Waals surface area contributed by atoms with Crippen molar-refractivity contribution in [2.45, 2.75) is 18.5 Å². The van der Waals surface area contributed by atoms with Gasteiger partial charge >= 0.3 is 0 Å². The summed E-state index contributed by atoms with van der Waals surface area (Å²) in [5.74, 6) is 5.71. The van der Waals surface area contributed by atoms with Crippen LogP contribution in [-0.4, -0.2) is 54.6 Å². The van der Waals surface area contributed by atoms with E-state index in [1.165, 1.54) is 0 Å². The van der Waals surface area contributed by atoms with Gasteiger partial charge in [-0.3, -0.25) is 16.3 Å². The van der Waals surface area contributed by atoms with Gasteiger partial charge in [0.05, 0.1) is 6.04 Å². The second kappa shape index (κ2) is 6.29. The van der Waals surface area contributed by atoms with Crippen molar-refractivity contribution in [2.75, 3.05) is 39.5 Å². The molecule has 2 heterocycles. The smallest absolute Gasteiger partial charge is 0.0511 e. The van der Waals surface area contributed by atoms with Crippen molar-refractivity contribution in [1.82, 2.24) is 20.2 Å². The van der Waals surface area contributed by atoms with Crippen LogP contribution in [0.4, 0.5) is 5.69 Å². The number of aromatic nitrogens is 1. The minimum atomic E-state index is 0.0349. The highest BCUT2D eigenvalue weighted by Crippen LogP contribution is 2.25. The molecule has 2 rings (SSSR count). The van der Waals surface area contributed by atoms with Crippen LogP contribution in [0.15, 0.2) is 18.5 Å². The maximum Gasteiger partial charge on any atom is 0.0511 e. The van der Waals surface area contributed by atoms with Gasteiger partial charge in [0, 0.05) is 49.3 Å². The van der Waals surface area contributed by atoms with Crippen LogP contribution in [-0.2, 0) is 0 Å². The highest BCUT2D eigenvalue weighted by atomic mass is 15.3. The molecule has 0 amide bonds. The van der Waals surface area contributed by atoms with E-state index >= 15 is 0 Å². The average Bonchev–Trinajstić information content (AvgIpc) is 2.41. The quantitative estimate of drug-likeness (QED) is 0.516. The highest BCUT2D eigenvalue weighted by Gasteiger charge is 2.26. The summed E-state index contributed by atoms with van der Waals surface area (Å²) in [4.78, 5) is 8.88. The van der Waals surface area contributed by atoms with Gasteiger partial charge in [-0.05, 0) is 26.6 Å².